The van der Waals surface area contributed by atoms with Gasteiger partial charge in [-0.2, -0.15) is 0 Å². The van der Waals surface area contributed by atoms with Gasteiger partial charge in [0.2, 0.25) is 0 Å². The van der Waals surface area contributed by atoms with Gasteiger partial charge in [-0.1, -0.05) is 23.2 Å². The number of hydrogen-bond donors (Lipinski definition) is 2. The maximum Gasteiger partial charge on any atom is 0.319 e. The van der Waals surface area contributed by atoms with Gasteiger partial charge in [0.15, 0.2) is 0 Å². The molecule has 24 heavy (non-hydrogen) atoms. The van der Waals surface area contributed by atoms with Gasteiger partial charge >= 0.3 is 6.03 Å². The van der Waals surface area contributed by atoms with Crippen LogP contribution >= 0.6 is 23.2 Å². The molecule has 0 atom stereocenters. The molecule has 0 spiro atoms. The zero-order chi connectivity index (χ0) is 16.9. The van der Waals surface area contributed by atoms with Crippen LogP contribution in [-0.2, 0) is 0 Å². The third kappa shape index (κ3) is 3.93. The molecule has 2 amide bonds. The Labute approximate surface area is 148 Å². The molecule has 3 aromatic rings. The second-order valence-electron chi connectivity index (χ2n) is 5.05. The number of carbonyl (C=O) groups excluding carboxylic acids is 1. The van der Waals surface area contributed by atoms with Gasteiger partial charge in [0.1, 0.15) is 11.5 Å². The first-order valence-corrected chi connectivity index (χ1v) is 7.96. The van der Waals surface area contributed by atoms with Crippen LogP contribution in [0.5, 0.6) is 0 Å². The first-order chi connectivity index (χ1) is 11.6. The van der Waals surface area contributed by atoms with Crippen LogP contribution in [0.2, 0.25) is 10.0 Å². The molecule has 0 fully saturated rings. The van der Waals surface area contributed by atoms with Crippen molar-refractivity contribution in [3.8, 4) is 0 Å². The molecule has 0 saturated carbocycles. The molecule has 7 heteroatoms. The Morgan fingerprint density at radius 2 is 1.67 bits per heavy atom. The lowest BCUT2D eigenvalue weighted by molar-refractivity contribution is 0.251. The predicted octanol–water partition coefficient (Wildman–Crippen LogP) is 5.13. The summed E-state index contributed by atoms with van der Waals surface area (Å²) in [6.45, 7) is 0.314. The molecule has 0 unspecified atom stereocenters. The monoisotopic (exact) mass is 364 g/mol. The van der Waals surface area contributed by atoms with E-state index in [1.165, 1.54) is 0 Å². The van der Waals surface area contributed by atoms with E-state index >= 15 is 0 Å². The highest BCUT2D eigenvalue weighted by molar-refractivity contribution is 6.42. The molecule has 2 heterocycles. The van der Waals surface area contributed by atoms with Crippen molar-refractivity contribution < 1.29 is 13.6 Å². The van der Waals surface area contributed by atoms with Crippen LogP contribution in [0.4, 0.5) is 10.5 Å². The zero-order valence-corrected chi connectivity index (χ0v) is 14.0. The Morgan fingerprint density at radius 3 is 2.21 bits per heavy atom. The molecule has 2 N–H and O–H groups in total. The van der Waals surface area contributed by atoms with E-state index in [0.29, 0.717) is 33.8 Å². The molecular formula is C17H14Cl2N2O3. The molecular weight excluding hydrogens is 351 g/mol. The van der Waals surface area contributed by atoms with Gasteiger partial charge in [-0.25, -0.2) is 4.79 Å². The molecule has 5 nitrogen and oxygen atoms in total. The van der Waals surface area contributed by atoms with Gasteiger partial charge < -0.3 is 19.5 Å². The summed E-state index contributed by atoms with van der Waals surface area (Å²) in [4.78, 5) is 12.1. The van der Waals surface area contributed by atoms with Crippen LogP contribution in [0.3, 0.4) is 0 Å². The number of benzene rings is 1. The van der Waals surface area contributed by atoms with E-state index in [4.69, 9.17) is 32.0 Å². The summed E-state index contributed by atoms with van der Waals surface area (Å²) in [5, 5.41) is 6.30. The summed E-state index contributed by atoms with van der Waals surface area (Å²) >= 11 is 11.8. The third-order valence-electron chi connectivity index (χ3n) is 3.42. The second-order valence-corrected chi connectivity index (χ2v) is 5.86. The van der Waals surface area contributed by atoms with E-state index in [1.54, 1.807) is 42.9 Å². The summed E-state index contributed by atoms with van der Waals surface area (Å²) in [5.74, 6) is 1.20. The Balaban J connectivity index is 1.64. The van der Waals surface area contributed by atoms with Gasteiger partial charge in [-0.15, -0.1) is 0 Å². The highest BCUT2D eigenvalue weighted by Gasteiger charge is 2.20. The first-order valence-electron chi connectivity index (χ1n) is 7.20. The molecule has 0 aliphatic rings. The van der Waals surface area contributed by atoms with Crippen molar-refractivity contribution in [3.05, 3.63) is 76.6 Å². The predicted molar refractivity (Wildman–Crippen MR) is 92.7 cm³/mol. The zero-order valence-electron chi connectivity index (χ0n) is 12.5. The number of urea groups is 1. The second kappa shape index (κ2) is 7.47. The van der Waals surface area contributed by atoms with Crippen molar-refractivity contribution in [3.63, 3.8) is 0 Å². The number of hydrogen-bond acceptors (Lipinski definition) is 3. The fourth-order valence-electron chi connectivity index (χ4n) is 2.26. The Kier molecular flexibility index (Phi) is 5.13. The number of nitrogens with one attached hydrogen (secondary N) is 2. The SMILES string of the molecule is O=C(NCC(c1ccco1)c1ccco1)Nc1ccc(Cl)c(Cl)c1. The molecule has 0 aliphatic carbocycles. The molecule has 124 valence electrons. The topological polar surface area (TPSA) is 67.4 Å². The van der Waals surface area contributed by atoms with Gasteiger partial charge in [0.25, 0.3) is 0 Å². The van der Waals surface area contributed by atoms with Crippen LogP contribution in [0.25, 0.3) is 0 Å². The fourth-order valence-corrected chi connectivity index (χ4v) is 2.56. The lowest BCUT2D eigenvalue weighted by Gasteiger charge is -2.14. The molecule has 0 saturated heterocycles. The molecule has 3 rings (SSSR count). The summed E-state index contributed by atoms with van der Waals surface area (Å²) in [6, 6.07) is 11.8. The largest absolute Gasteiger partial charge is 0.469 e. The third-order valence-corrected chi connectivity index (χ3v) is 4.16. The molecule has 2 aromatic heterocycles. The van der Waals surface area contributed by atoms with Crippen molar-refractivity contribution in [1.82, 2.24) is 5.32 Å². The van der Waals surface area contributed by atoms with E-state index in [9.17, 15) is 4.79 Å². The minimum Gasteiger partial charge on any atom is -0.469 e. The van der Waals surface area contributed by atoms with Crippen molar-refractivity contribution >= 4 is 34.9 Å². The van der Waals surface area contributed by atoms with E-state index in [-0.39, 0.29) is 11.9 Å². The molecule has 1 aromatic carbocycles. The number of furan rings is 2. The van der Waals surface area contributed by atoms with Crippen LogP contribution in [0.1, 0.15) is 17.4 Å². The highest BCUT2D eigenvalue weighted by atomic mass is 35.5. The van der Waals surface area contributed by atoms with Crippen LogP contribution < -0.4 is 10.6 Å². The van der Waals surface area contributed by atoms with E-state index in [1.807, 2.05) is 12.1 Å². The van der Waals surface area contributed by atoms with Gasteiger partial charge in [-0.05, 0) is 42.5 Å². The van der Waals surface area contributed by atoms with Crippen molar-refractivity contribution in [2.75, 3.05) is 11.9 Å². The average Bonchev–Trinajstić information content (AvgIpc) is 3.25. The Morgan fingerprint density at radius 1 is 1.00 bits per heavy atom. The molecule has 0 radical (unpaired) electrons. The van der Waals surface area contributed by atoms with Crippen LogP contribution in [-0.4, -0.2) is 12.6 Å². The number of amides is 2. The standard InChI is InChI=1S/C17H14Cl2N2O3/c18-13-6-5-11(9-14(13)19)21-17(22)20-10-12(15-3-1-7-23-15)16-4-2-8-24-16/h1-9,12H,10H2,(H2,20,21,22). The average molecular weight is 365 g/mol. The summed E-state index contributed by atoms with van der Waals surface area (Å²) < 4.78 is 10.9. The molecule has 0 bridgehead atoms. The lowest BCUT2D eigenvalue weighted by atomic mass is 10.0. The first kappa shape index (κ1) is 16.5. The molecule has 0 aliphatic heterocycles. The lowest BCUT2D eigenvalue weighted by Crippen LogP contribution is -2.32. The van der Waals surface area contributed by atoms with Crippen molar-refractivity contribution in [2.45, 2.75) is 5.92 Å². The maximum atomic E-state index is 12.1. The smallest absolute Gasteiger partial charge is 0.319 e. The quantitative estimate of drug-likeness (QED) is 0.658. The van der Waals surface area contributed by atoms with Crippen LogP contribution in [0.15, 0.2) is 63.8 Å². The van der Waals surface area contributed by atoms with E-state index in [0.717, 1.165) is 0 Å². The Bertz CT molecular complexity index is 767. The number of anilines is 1. The van der Waals surface area contributed by atoms with Gasteiger partial charge in [-0.3, -0.25) is 0 Å². The normalized spacial score (nSPS) is 10.8. The van der Waals surface area contributed by atoms with Gasteiger partial charge in [0.05, 0.1) is 28.5 Å². The summed E-state index contributed by atoms with van der Waals surface area (Å²) in [6.07, 6.45) is 3.17. The number of rotatable bonds is 5. The number of carbonyl (C=O) groups is 1. The van der Waals surface area contributed by atoms with E-state index < -0.39 is 0 Å². The summed E-state index contributed by atoms with van der Waals surface area (Å²) in [7, 11) is 0. The number of halogens is 2. The van der Waals surface area contributed by atoms with Crippen molar-refractivity contribution in [1.29, 1.82) is 0 Å². The summed E-state index contributed by atoms with van der Waals surface area (Å²) in [5.41, 5.74) is 0.550. The van der Waals surface area contributed by atoms with Crippen LogP contribution in [0, 0.1) is 0 Å². The van der Waals surface area contributed by atoms with Crippen molar-refractivity contribution in [2.24, 2.45) is 0 Å². The van der Waals surface area contributed by atoms with E-state index in [2.05, 4.69) is 10.6 Å². The highest BCUT2D eigenvalue weighted by Crippen LogP contribution is 2.26. The van der Waals surface area contributed by atoms with Gasteiger partial charge in [0, 0.05) is 12.2 Å². The maximum absolute atomic E-state index is 12.1. The minimum atomic E-state index is -0.364. The minimum absolute atomic E-state index is 0.213. The fraction of sp³-hybridized carbons (Fsp3) is 0.118. The Hall–Kier alpha value is -2.37.